The van der Waals surface area contributed by atoms with Gasteiger partial charge in [0, 0.05) is 22.5 Å². The molecule has 0 unspecified atom stereocenters. The number of hydrogen-bond donors (Lipinski definition) is 1. The van der Waals surface area contributed by atoms with Crippen molar-refractivity contribution in [1.82, 2.24) is 19.7 Å². The average Bonchev–Trinajstić information content (AvgIpc) is 3.32. The van der Waals surface area contributed by atoms with Gasteiger partial charge in [-0.2, -0.15) is 0 Å². The molecule has 0 radical (unpaired) electrons. The Morgan fingerprint density at radius 3 is 2.69 bits per heavy atom. The lowest BCUT2D eigenvalue weighted by atomic mass is 10.2. The fraction of sp³-hybridized carbons (Fsp3) is 0.105. The summed E-state index contributed by atoms with van der Waals surface area (Å²) in [6, 6.07) is 18.4. The first-order valence-corrected chi connectivity index (χ1v) is 10.0. The second-order valence-electron chi connectivity index (χ2n) is 5.74. The van der Waals surface area contributed by atoms with Crippen molar-refractivity contribution < 1.29 is 0 Å². The quantitative estimate of drug-likeness (QED) is 0.474. The summed E-state index contributed by atoms with van der Waals surface area (Å²) in [6.45, 7) is 2.08. The van der Waals surface area contributed by atoms with Crippen molar-refractivity contribution >= 4 is 33.9 Å². The van der Waals surface area contributed by atoms with E-state index < -0.39 is 0 Å². The monoisotopic (exact) mass is 379 g/mol. The first-order valence-electron chi connectivity index (χ1n) is 8.14. The Labute approximate surface area is 160 Å². The minimum atomic E-state index is 0.748. The lowest BCUT2D eigenvalue weighted by molar-refractivity contribution is 0.883. The highest BCUT2D eigenvalue weighted by Crippen LogP contribution is 2.27. The van der Waals surface area contributed by atoms with Crippen molar-refractivity contribution in [3.05, 3.63) is 77.6 Å². The van der Waals surface area contributed by atoms with Crippen LogP contribution in [0.15, 0.2) is 71.5 Å². The zero-order valence-electron chi connectivity index (χ0n) is 14.2. The van der Waals surface area contributed by atoms with Gasteiger partial charge in [0.05, 0.1) is 5.69 Å². The van der Waals surface area contributed by atoms with Crippen molar-refractivity contribution in [2.75, 3.05) is 5.32 Å². The zero-order valence-corrected chi connectivity index (χ0v) is 15.8. The summed E-state index contributed by atoms with van der Waals surface area (Å²) >= 11 is 3.24. The SMILES string of the molecule is Cc1ccc(Nc2nc(CSc3nncn3-c3ccccc3)cs2)cc1. The van der Waals surface area contributed by atoms with Crippen LogP contribution in [0.1, 0.15) is 11.3 Å². The molecule has 4 rings (SSSR count). The summed E-state index contributed by atoms with van der Waals surface area (Å²) in [5.41, 5.74) is 4.37. The number of para-hydroxylation sites is 1. The number of thiazole rings is 1. The van der Waals surface area contributed by atoms with Crippen LogP contribution < -0.4 is 5.32 Å². The van der Waals surface area contributed by atoms with Crippen molar-refractivity contribution in [2.45, 2.75) is 17.8 Å². The number of nitrogens with zero attached hydrogens (tertiary/aromatic N) is 4. The summed E-state index contributed by atoms with van der Waals surface area (Å²) in [5, 5.41) is 15.4. The van der Waals surface area contributed by atoms with E-state index in [1.165, 1.54) is 5.56 Å². The molecule has 2 aromatic carbocycles. The predicted octanol–water partition coefficient (Wildman–Crippen LogP) is 5.07. The molecule has 0 aliphatic rings. The van der Waals surface area contributed by atoms with E-state index in [9.17, 15) is 0 Å². The van der Waals surface area contributed by atoms with E-state index in [0.717, 1.165) is 33.1 Å². The molecule has 2 aromatic heterocycles. The number of hydrogen-bond acceptors (Lipinski definition) is 6. The van der Waals surface area contributed by atoms with Crippen LogP contribution in [0.25, 0.3) is 5.69 Å². The largest absolute Gasteiger partial charge is 0.332 e. The van der Waals surface area contributed by atoms with Gasteiger partial charge in [0.2, 0.25) is 0 Å². The molecule has 0 saturated carbocycles. The third kappa shape index (κ3) is 3.95. The van der Waals surface area contributed by atoms with E-state index in [2.05, 4.69) is 57.1 Å². The van der Waals surface area contributed by atoms with Crippen LogP contribution in [0.5, 0.6) is 0 Å². The minimum absolute atomic E-state index is 0.748. The van der Waals surface area contributed by atoms with Gasteiger partial charge in [-0.05, 0) is 31.2 Å². The summed E-state index contributed by atoms with van der Waals surface area (Å²) in [7, 11) is 0. The van der Waals surface area contributed by atoms with E-state index in [4.69, 9.17) is 0 Å². The number of aromatic nitrogens is 4. The van der Waals surface area contributed by atoms with E-state index in [-0.39, 0.29) is 0 Å². The van der Waals surface area contributed by atoms with E-state index >= 15 is 0 Å². The molecule has 0 aliphatic heterocycles. The Balaban J connectivity index is 1.41. The van der Waals surface area contributed by atoms with Gasteiger partial charge in [-0.15, -0.1) is 21.5 Å². The summed E-state index contributed by atoms with van der Waals surface area (Å²) in [5.74, 6) is 0.748. The van der Waals surface area contributed by atoms with Gasteiger partial charge in [0.1, 0.15) is 6.33 Å². The van der Waals surface area contributed by atoms with Crippen LogP contribution in [0.4, 0.5) is 10.8 Å². The topological polar surface area (TPSA) is 55.6 Å². The molecule has 5 nitrogen and oxygen atoms in total. The number of benzene rings is 2. The lowest BCUT2D eigenvalue weighted by Gasteiger charge is -2.05. The third-order valence-electron chi connectivity index (χ3n) is 3.75. The highest BCUT2D eigenvalue weighted by molar-refractivity contribution is 7.98. The maximum atomic E-state index is 4.66. The smallest absolute Gasteiger partial charge is 0.195 e. The first kappa shape index (κ1) is 16.8. The maximum Gasteiger partial charge on any atom is 0.195 e. The van der Waals surface area contributed by atoms with Crippen LogP contribution in [0.2, 0.25) is 0 Å². The molecular weight excluding hydrogens is 362 g/mol. The molecule has 2 heterocycles. The van der Waals surface area contributed by atoms with Crippen LogP contribution in [-0.2, 0) is 5.75 Å². The van der Waals surface area contributed by atoms with Gasteiger partial charge in [-0.25, -0.2) is 4.98 Å². The van der Waals surface area contributed by atoms with Crippen molar-refractivity contribution in [3.63, 3.8) is 0 Å². The Kier molecular flexibility index (Phi) is 4.99. The van der Waals surface area contributed by atoms with Crippen molar-refractivity contribution in [1.29, 1.82) is 0 Å². The van der Waals surface area contributed by atoms with E-state index in [1.807, 2.05) is 34.9 Å². The molecule has 26 heavy (non-hydrogen) atoms. The molecule has 0 amide bonds. The molecule has 4 aromatic rings. The van der Waals surface area contributed by atoms with Gasteiger partial charge < -0.3 is 5.32 Å². The molecule has 0 bridgehead atoms. The number of nitrogens with one attached hydrogen (secondary N) is 1. The number of thioether (sulfide) groups is 1. The van der Waals surface area contributed by atoms with Gasteiger partial charge in [0.25, 0.3) is 0 Å². The molecule has 0 aliphatic carbocycles. The molecular formula is C19H17N5S2. The maximum absolute atomic E-state index is 4.66. The molecule has 0 spiro atoms. The Hall–Kier alpha value is -2.64. The van der Waals surface area contributed by atoms with Gasteiger partial charge in [0.15, 0.2) is 10.3 Å². The average molecular weight is 380 g/mol. The second-order valence-corrected chi connectivity index (χ2v) is 7.54. The molecule has 0 fully saturated rings. The minimum Gasteiger partial charge on any atom is -0.332 e. The summed E-state index contributed by atoms with van der Waals surface area (Å²) in [4.78, 5) is 4.66. The summed E-state index contributed by atoms with van der Waals surface area (Å²) in [6.07, 6.45) is 1.74. The first-order chi connectivity index (χ1) is 12.8. The number of rotatable bonds is 6. The Morgan fingerprint density at radius 2 is 1.88 bits per heavy atom. The standard InChI is InChI=1S/C19H17N5S2/c1-14-7-9-15(10-8-14)21-18-22-16(11-25-18)12-26-19-23-20-13-24(19)17-5-3-2-4-6-17/h2-11,13H,12H2,1H3,(H,21,22). The predicted molar refractivity (Wildman–Crippen MR) is 107 cm³/mol. The van der Waals surface area contributed by atoms with Crippen LogP contribution in [0, 0.1) is 6.92 Å². The third-order valence-corrected chi connectivity index (χ3v) is 5.54. The second kappa shape index (κ2) is 7.72. The molecule has 0 saturated heterocycles. The van der Waals surface area contributed by atoms with E-state index in [1.54, 1.807) is 29.4 Å². The molecule has 1 N–H and O–H groups in total. The number of aryl methyl sites for hydroxylation is 1. The van der Waals surface area contributed by atoms with Crippen LogP contribution >= 0.6 is 23.1 Å². The molecule has 0 atom stereocenters. The normalized spacial score (nSPS) is 10.8. The van der Waals surface area contributed by atoms with E-state index in [0.29, 0.717) is 0 Å². The van der Waals surface area contributed by atoms with Gasteiger partial charge >= 0.3 is 0 Å². The zero-order chi connectivity index (χ0) is 17.8. The highest BCUT2D eigenvalue weighted by atomic mass is 32.2. The van der Waals surface area contributed by atoms with Gasteiger partial charge in [-0.1, -0.05) is 47.7 Å². The van der Waals surface area contributed by atoms with Crippen LogP contribution in [0.3, 0.4) is 0 Å². The lowest BCUT2D eigenvalue weighted by Crippen LogP contribution is -1.95. The van der Waals surface area contributed by atoms with Crippen molar-refractivity contribution in [2.24, 2.45) is 0 Å². The highest BCUT2D eigenvalue weighted by Gasteiger charge is 2.09. The fourth-order valence-corrected chi connectivity index (χ4v) is 4.08. The molecule has 130 valence electrons. The Bertz CT molecular complexity index is 977. The van der Waals surface area contributed by atoms with Gasteiger partial charge in [-0.3, -0.25) is 4.57 Å². The van der Waals surface area contributed by atoms with Crippen molar-refractivity contribution in [3.8, 4) is 5.69 Å². The fourth-order valence-electron chi connectivity index (χ4n) is 2.42. The number of anilines is 2. The van der Waals surface area contributed by atoms with Crippen LogP contribution in [-0.4, -0.2) is 19.7 Å². The molecule has 7 heteroatoms. The summed E-state index contributed by atoms with van der Waals surface area (Å²) < 4.78 is 1.99. The Morgan fingerprint density at radius 1 is 1.08 bits per heavy atom.